The molecule has 0 aliphatic rings. The van der Waals surface area contributed by atoms with Crippen LogP contribution in [0.25, 0.3) is 34.0 Å². The fourth-order valence-corrected chi connectivity index (χ4v) is 3.43. The van der Waals surface area contributed by atoms with E-state index in [0.29, 0.717) is 29.7 Å². The number of hydrogen-bond donors (Lipinski definition) is 2. The van der Waals surface area contributed by atoms with E-state index in [1.807, 2.05) is 30.3 Å². The number of carboxylic acids is 1. The zero-order chi connectivity index (χ0) is 22.5. The van der Waals surface area contributed by atoms with Crippen molar-refractivity contribution < 1.29 is 19.2 Å². The Morgan fingerprint density at radius 1 is 1.09 bits per heavy atom. The minimum Gasteiger partial charge on any atom is -0.480 e. The average molecular weight is 467 g/mol. The van der Waals surface area contributed by atoms with Gasteiger partial charge in [-0.2, -0.15) is 4.98 Å². The van der Waals surface area contributed by atoms with E-state index in [1.165, 1.54) is 5.56 Å². The van der Waals surface area contributed by atoms with Crippen LogP contribution in [-0.2, 0) is 16.1 Å². The predicted molar refractivity (Wildman–Crippen MR) is 127 cm³/mol. The van der Waals surface area contributed by atoms with Gasteiger partial charge in [-0.25, -0.2) is 4.98 Å². The van der Waals surface area contributed by atoms with Crippen molar-refractivity contribution in [1.29, 1.82) is 0 Å². The summed E-state index contributed by atoms with van der Waals surface area (Å²) in [6, 6.07) is 17.6. The third-order valence-electron chi connectivity index (χ3n) is 4.95. The van der Waals surface area contributed by atoms with E-state index in [1.54, 1.807) is 25.4 Å². The predicted octanol–water partition coefficient (Wildman–Crippen LogP) is 4.84. The first kappa shape index (κ1) is 23.9. The summed E-state index contributed by atoms with van der Waals surface area (Å²) in [6.45, 7) is 2.29. The molecule has 0 amide bonds. The monoisotopic (exact) mass is 466 g/mol. The van der Waals surface area contributed by atoms with Gasteiger partial charge in [0, 0.05) is 24.4 Å². The number of nitrogens with zero attached hydrogens (tertiary/aromatic N) is 3. The molecule has 0 atom stereocenters. The second-order valence-corrected chi connectivity index (χ2v) is 7.22. The van der Waals surface area contributed by atoms with Gasteiger partial charge in [-0.3, -0.25) is 4.79 Å². The van der Waals surface area contributed by atoms with Crippen LogP contribution in [0.2, 0.25) is 0 Å². The number of methoxy groups -OCH3 is 1. The number of rotatable bonds is 8. The van der Waals surface area contributed by atoms with E-state index in [0.717, 1.165) is 22.3 Å². The number of pyridine rings is 1. The van der Waals surface area contributed by atoms with E-state index >= 15 is 0 Å². The van der Waals surface area contributed by atoms with Crippen LogP contribution < -0.4 is 5.32 Å². The van der Waals surface area contributed by atoms with E-state index in [9.17, 15) is 4.79 Å². The van der Waals surface area contributed by atoms with Gasteiger partial charge < -0.3 is 19.7 Å². The molecule has 2 heterocycles. The van der Waals surface area contributed by atoms with Crippen LogP contribution in [0.5, 0.6) is 0 Å². The van der Waals surface area contributed by atoms with Crippen molar-refractivity contribution in [3.63, 3.8) is 0 Å². The van der Waals surface area contributed by atoms with E-state index in [-0.39, 0.29) is 19.0 Å². The summed E-state index contributed by atoms with van der Waals surface area (Å²) < 4.78 is 10.9. The molecule has 0 saturated carbocycles. The number of aromatic nitrogens is 3. The highest BCUT2D eigenvalue weighted by Gasteiger charge is 2.15. The molecular weight excluding hydrogens is 444 g/mol. The molecule has 4 rings (SSSR count). The van der Waals surface area contributed by atoms with Gasteiger partial charge in [-0.1, -0.05) is 35.5 Å². The first-order valence-corrected chi connectivity index (χ1v) is 9.99. The van der Waals surface area contributed by atoms with Crippen molar-refractivity contribution in [1.82, 2.24) is 15.1 Å². The Bertz CT molecular complexity index is 1260. The second-order valence-electron chi connectivity index (χ2n) is 7.22. The van der Waals surface area contributed by atoms with Crippen molar-refractivity contribution in [2.75, 3.05) is 19.0 Å². The minimum atomic E-state index is -0.972. The maximum Gasteiger partial charge on any atom is 0.322 e. The molecule has 2 aromatic heterocycles. The largest absolute Gasteiger partial charge is 0.480 e. The SMILES string of the molecule is COCc1cc(-c2nc(-c3ccnc(NCC(=O)O)c3)no2)ccc1-c1ccccc1C.Cl. The third-order valence-corrected chi connectivity index (χ3v) is 4.95. The van der Waals surface area contributed by atoms with Gasteiger partial charge in [0.05, 0.1) is 6.61 Å². The number of anilines is 1. The van der Waals surface area contributed by atoms with Crippen molar-refractivity contribution in [2.24, 2.45) is 0 Å². The molecular formula is C24H23ClN4O4. The fourth-order valence-electron chi connectivity index (χ4n) is 3.43. The Labute approximate surface area is 197 Å². The van der Waals surface area contributed by atoms with E-state index in [2.05, 4.69) is 39.5 Å². The lowest BCUT2D eigenvalue weighted by Crippen LogP contribution is -2.13. The normalized spacial score (nSPS) is 10.5. The number of aryl methyl sites for hydroxylation is 1. The molecule has 0 spiro atoms. The van der Waals surface area contributed by atoms with E-state index in [4.69, 9.17) is 14.4 Å². The lowest BCUT2D eigenvalue weighted by atomic mass is 9.94. The van der Waals surface area contributed by atoms with Gasteiger partial charge in [-0.15, -0.1) is 12.4 Å². The van der Waals surface area contributed by atoms with Gasteiger partial charge >= 0.3 is 5.97 Å². The Hall–Kier alpha value is -3.75. The summed E-state index contributed by atoms with van der Waals surface area (Å²) in [5.41, 5.74) is 5.89. The molecule has 8 nitrogen and oxygen atoms in total. The fraction of sp³-hybridized carbons (Fsp3) is 0.167. The van der Waals surface area contributed by atoms with Crippen LogP contribution in [0.15, 0.2) is 65.3 Å². The van der Waals surface area contributed by atoms with Gasteiger partial charge in [0.2, 0.25) is 5.82 Å². The number of nitrogens with one attached hydrogen (secondary N) is 1. The molecule has 2 N–H and O–H groups in total. The van der Waals surface area contributed by atoms with Crippen LogP contribution in [0.3, 0.4) is 0 Å². The van der Waals surface area contributed by atoms with Crippen LogP contribution in [0.1, 0.15) is 11.1 Å². The molecule has 0 aliphatic heterocycles. The van der Waals surface area contributed by atoms with Gasteiger partial charge in [0.15, 0.2) is 0 Å². The standard InChI is InChI=1S/C24H22N4O4.ClH/c1-15-5-3-4-6-19(15)20-8-7-17(11-18(20)14-31-2)24-27-23(28-32-24)16-9-10-25-21(12-16)26-13-22(29)30;/h3-12H,13-14H2,1-2H3,(H,25,26)(H,29,30);1H. The first-order chi connectivity index (χ1) is 15.5. The quantitative estimate of drug-likeness (QED) is 0.379. The number of carboxylic acid groups (broad SMARTS) is 1. The number of aliphatic carboxylic acids is 1. The molecule has 4 aromatic rings. The van der Waals surface area contributed by atoms with Crippen LogP contribution >= 0.6 is 12.4 Å². The summed E-state index contributed by atoms with van der Waals surface area (Å²) >= 11 is 0. The molecule has 170 valence electrons. The molecule has 0 unspecified atom stereocenters. The van der Waals surface area contributed by atoms with Crippen LogP contribution in [0.4, 0.5) is 5.82 Å². The van der Waals surface area contributed by atoms with Crippen molar-refractivity contribution >= 4 is 24.2 Å². The maximum absolute atomic E-state index is 10.8. The smallest absolute Gasteiger partial charge is 0.322 e. The second kappa shape index (κ2) is 10.7. The molecule has 2 aromatic carbocycles. The summed E-state index contributed by atoms with van der Waals surface area (Å²) in [4.78, 5) is 19.4. The number of halogens is 1. The molecule has 0 saturated heterocycles. The maximum atomic E-state index is 10.8. The summed E-state index contributed by atoms with van der Waals surface area (Å²) in [7, 11) is 1.67. The molecule has 9 heteroatoms. The number of benzene rings is 2. The van der Waals surface area contributed by atoms with Gasteiger partial charge in [-0.05, 0) is 53.4 Å². The van der Waals surface area contributed by atoms with Crippen molar-refractivity contribution in [2.45, 2.75) is 13.5 Å². The number of hydrogen-bond acceptors (Lipinski definition) is 7. The minimum absolute atomic E-state index is 0. The van der Waals surface area contributed by atoms with Crippen molar-refractivity contribution in [3.8, 4) is 34.0 Å². The Morgan fingerprint density at radius 2 is 1.91 bits per heavy atom. The lowest BCUT2D eigenvalue weighted by molar-refractivity contribution is -0.134. The van der Waals surface area contributed by atoms with Crippen LogP contribution in [0, 0.1) is 6.92 Å². The summed E-state index contributed by atoms with van der Waals surface area (Å²) in [6.07, 6.45) is 1.56. The van der Waals surface area contributed by atoms with Crippen LogP contribution in [-0.4, -0.2) is 39.9 Å². The topological polar surface area (TPSA) is 110 Å². The number of carbonyl (C=O) groups is 1. The highest BCUT2D eigenvalue weighted by atomic mass is 35.5. The lowest BCUT2D eigenvalue weighted by Gasteiger charge is -2.12. The average Bonchev–Trinajstić information content (AvgIpc) is 3.29. The molecule has 0 radical (unpaired) electrons. The Kier molecular flexibility index (Phi) is 7.76. The van der Waals surface area contributed by atoms with Gasteiger partial charge in [0.1, 0.15) is 12.4 Å². The Morgan fingerprint density at radius 3 is 2.67 bits per heavy atom. The van der Waals surface area contributed by atoms with Gasteiger partial charge in [0.25, 0.3) is 5.89 Å². The van der Waals surface area contributed by atoms with Crippen molar-refractivity contribution in [3.05, 3.63) is 71.9 Å². The zero-order valence-corrected chi connectivity index (χ0v) is 18.9. The molecule has 33 heavy (non-hydrogen) atoms. The zero-order valence-electron chi connectivity index (χ0n) is 18.1. The third kappa shape index (κ3) is 5.54. The summed E-state index contributed by atoms with van der Waals surface area (Å²) in [5.74, 6) is 0.212. The van der Waals surface area contributed by atoms with E-state index < -0.39 is 5.97 Å². The molecule has 0 aliphatic carbocycles. The molecule has 0 fully saturated rings. The number of ether oxygens (including phenoxy) is 1. The highest BCUT2D eigenvalue weighted by molar-refractivity contribution is 5.85. The molecule has 0 bridgehead atoms. The Balaban J connectivity index is 0.00000306. The first-order valence-electron chi connectivity index (χ1n) is 9.99. The summed E-state index contributed by atoms with van der Waals surface area (Å²) in [5, 5.41) is 15.6. The highest BCUT2D eigenvalue weighted by Crippen LogP contribution is 2.31.